The summed E-state index contributed by atoms with van der Waals surface area (Å²) in [6.45, 7) is 0. The van der Waals surface area contributed by atoms with Crippen LogP contribution in [0.2, 0.25) is 0 Å². The predicted molar refractivity (Wildman–Crippen MR) is 248 cm³/mol. The number of hydrogen-bond acceptors (Lipinski definition) is 3. The molecule has 0 aliphatic carbocycles. The molecule has 0 radical (unpaired) electrons. The van der Waals surface area contributed by atoms with E-state index in [-0.39, 0.29) is 0 Å². The molecule has 10 aromatic carbocycles. The molecule has 0 fully saturated rings. The Morgan fingerprint density at radius 1 is 0.362 bits per heavy atom. The zero-order chi connectivity index (χ0) is 37.9. The Morgan fingerprint density at radius 3 is 1.88 bits per heavy atom. The van der Waals surface area contributed by atoms with Gasteiger partial charge in [-0.1, -0.05) is 146 Å². The first-order chi connectivity index (χ1) is 28.8. The van der Waals surface area contributed by atoms with Gasteiger partial charge in [0.1, 0.15) is 11.2 Å². The average molecular weight is 754 g/mol. The number of hydrogen-bond donors (Lipinski definition) is 0. The molecule has 3 aromatic heterocycles. The lowest BCUT2D eigenvalue weighted by Crippen LogP contribution is -1.86. The van der Waals surface area contributed by atoms with Crippen molar-refractivity contribution in [2.24, 2.45) is 0 Å². The van der Waals surface area contributed by atoms with Crippen LogP contribution < -0.4 is 0 Å². The first-order valence-electron chi connectivity index (χ1n) is 19.8. The summed E-state index contributed by atoms with van der Waals surface area (Å²) in [6, 6.07) is 64.4. The summed E-state index contributed by atoms with van der Waals surface area (Å²) in [4.78, 5) is 4.48. The molecule has 0 bridgehead atoms. The molecular formula is C55H31NOS. The van der Waals surface area contributed by atoms with Gasteiger partial charge in [0.25, 0.3) is 0 Å². The van der Waals surface area contributed by atoms with E-state index >= 15 is 0 Å². The number of furan rings is 1. The smallest absolute Gasteiger partial charge is 0.143 e. The lowest BCUT2D eigenvalue weighted by Gasteiger charge is -2.13. The summed E-state index contributed by atoms with van der Waals surface area (Å²) in [7, 11) is 0. The van der Waals surface area contributed by atoms with Crippen LogP contribution in [-0.4, -0.2) is 4.98 Å². The van der Waals surface area contributed by atoms with Gasteiger partial charge in [-0.05, 0) is 95.5 Å². The van der Waals surface area contributed by atoms with Crippen LogP contribution in [0.5, 0.6) is 0 Å². The molecule has 0 spiro atoms. The van der Waals surface area contributed by atoms with Gasteiger partial charge in [-0.2, -0.15) is 0 Å². The number of rotatable bonds is 3. The van der Waals surface area contributed by atoms with Crippen molar-refractivity contribution in [3.8, 4) is 33.4 Å². The lowest BCUT2D eigenvalue weighted by molar-refractivity contribution is 0.671. The SMILES string of the molecule is c1cncc(-c2cc(-c3cccc4ccccc34)c3oc4c(-c5ccc6c(c5)c5ccccc5c5ccc7c(sc8ccc9ccccc9c87)c56)cccc4c3c2)c1. The van der Waals surface area contributed by atoms with E-state index in [1.165, 1.54) is 74.0 Å². The van der Waals surface area contributed by atoms with Crippen molar-refractivity contribution < 1.29 is 4.42 Å². The standard InChI is InChI=1S/C55H31NOS/c1-3-14-37-32(10-1)12-7-19-40(37)48-29-36(35-13-9-27-56-31-35)30-49-45-20-8-18-39(53(45)57-54(48)49)34-21-23-44-47(28-34)42-17-6-5-16-41(42)43-24-25-46-51-38-15-4-2-11-33(38)22-26-50(51)58-55(46)52(43)44/h1-31H. The fourth-order valence-corrected chi connectivity index (χ4v) is 11.0. The number of pyridine rings is 1. The van der Waals surface area contributed by atoms with E-state index in [1.54, 1.807) is 0 Å². The van der Waals surface area contributed by atoms with E-state index < -0.39 is 0 Å². The second kappa shape index (κ2) is 12.1. The van der Waals surface area contributed by atoms with Crippen molar-refractivity contribution in [1.82, 2.24) is 4.98 Å². The molecule has 0 saturated heterocycles. The van der Waals surface area contributed by atoms with Gasteiger partial charge in [-0.25, -0.2) is 0 Å². The Balaban J connectivity index is 1.09. The minimum absolute atomic E-state index is 0.892. The zero-order valence-corrected chi connectivity index (χ0v) is 32.0. The van der Waals surface area contributed by atoms with Crippen molar-refractivity contribution in [3.63, 3.8) is 0 Å². The molecule has 3 heterocycles. The molecule has 0 N–H and O–H groups in total. The van der Waals surface area contributed by atoms with Crippen LogP contribution in [0, 0.1) is 0 Å². The van der Waals surface area contributed by atoms with Gasteiger partial charge in [0.15, 0.2) is 0 Å². The van der Waals surface area contributed by atoms with Gasteiger partial charge < -0.3 is 4.42 Å². The number of thiophene rings is 1. The third-order valence-corrected chi connectivity index (χ3v) is 13.5. The van der Waals surface area contributed by atoms with E-state index in [0.717, 1.165) is 55.3 Å². The van der Waals surface area contributed by atoms with Crippen molar-refractivity contribution in [2.45, 2.75) is 0 Å². The Bertz CT molecular complexity index is 3850. The van der Waals surface area contributed by atoms with Gasteiger partial charge in [0.2, 0.25) is 0 Å². The fourth-order valence-electron chi connectivity index (χ4n) is 9.70. The van der Waals surface area contributed by atoms with Crippen molar-refractivity contribution >= 4 is 107 Å². The second-order valence-corrected chi connectivity index (χ2v) is 16.4. The number of fused-ring (bicyclic) bond motifs is 16. The molecule has 13 aromatic rings. The van der Waals surface area contributed by atoms with Crippen LogP contribution in [0.25, 0.3) is 129 Å². The highest BCUT2D eigenvalue weighted by atomic mass is 32.1. The normalized spacial score (nSPS) is 12.1. The molecule has 0 unspecified atom stereocenters. The summed E-state index contributed by atoms with van der Waals surface area (Å²) in [5, 5.41) is 17.5. The van der Waals surface area contributed by atoms with Crippen molar-refractivity contribution in [1.29, 1.82) is 0 Å². The van der Waals surface area contributed by atoms with Gasteiger partial charge >= 0.3 is 0 Å². The monoisotopic (exact) mass is 753 g/mol. The van der Waals surface area contributed by atoms with Gasteiger partial charge in [-0.3, -0.25) is 4.98 Å². The quantitative estimate of drug-likeness (QED) is 0.168. The summed E-state index contributed by atoms with van der Waals surface area (Å²) in [6.07, 6.45) is 3.77. The Labute approximate surface area is 336 Å². The Kier molecular flexibility index (Phi) is 6.63. The molecule has 268 valence electrons. The molecule has 13 rings (SSSR count). The highest BCUT2D eigenvalue weighted by molar-refractivity contribution is 7.27. The number of benzene rings is 10. The maximum Gasteiger partial charge on any atom is 0.143 e. The van der Waals surface area contributed by atoms with Crippen molar-refractivity contribution in [3.05, 3.63) is 188 Å². The molecule has 3 heteroatoms. The topological polar surface area (TPSA) is 26.0 Å². The number of aromatic nitrogens is 1. The highest BCUT2D eigenvalue weighted by Crippen LogP contribution is 2.48. The summed E-state index contributed by atoms with van der Waals surface area (Å²) in [5.74, 6) is 0. The van der Waals surface area contributed by atoms with Crippen LogP contribution in [0.15, 0.2) is 193 Å². The molecule has 0 amide bonds. The largest absolute Gasteiger partial charge is 0.455 e. The Hall–Kier alpha value is -7.33. The van der Waals surface area contributed by atoms with Crippen molar-refractivity contribution in [2.75, 3.05) is 0 Å². The molecule has 58 heavy (non-hydrogen) atoms. The van der Waals surface area contributed by atoms with E-state index in [2.05, 4.69) is 175 Å². The van der Waals surface area contributed by atoms with Gasteiger partial charge in [0, 0.05) is 65.4 Å². The zero-order valence-electron chi connectivity index (χ0n) is 31.2. The van der Waals surface area contributed by atoms with E-state index in [0.29, 0.717) is 0 Å². The predicted octanol–water partition coefficient (Wildman–Crippen LogP) is 16.1. The maximum atomic E-state index is 7.15. The van der Waals surface area contributed by atoms with E-state index in [4.69, 9.17) is 4.42 Å². The van der Waals surface area contributed by atoms with Crippen LogP contribution in [0.3, 0.4) is 0 Å². The minimum Gasteiger partial charge on any atom is -0.455 e. The molecule has 0 saturated carbocycles. The first kappa shape index (κ1) is 31.8. The van der Waals surface area contributed by atoms with E-state index in [9.17, 15) is 0 Å². The summed E-state index contributed by atoms with van der Waals surface area (Å²) >= 11 is 1.91. The fraction of sp³-hybridized carbons (Fsp3) is 0. The van der Waals surface area contributed by atoms with Gasteiger partial charge in [0.05, 0.1) is 0 Å². The molecular weight excluding hydrogens is 723 g/mol. The third kappa shape index (κ3) is 4.51. The van der Waals surface area contributed by atoms with Crippen LogP contribution in [-0.2, 0) is 0 Å². The third-order valence-electron chi connectivity index (χ3n) is 12.3. The highest BCUT2D eigenvalue weighted by Gasteiger charge is 2.21. The first-order valence-corrected chi connectivity index (χ1v) is 20.6. The summed E-state index contributed by atoms with van der Waals surface area (Å²) in [5.41, 5.74) is 8.42. The molecule has 2 nitrogen and oxygen atoms in total. The van der Waals surface area contributed by atoms with Crippen LogP contribution in [0.1, 0.15) is 0 Å². The number of para-hydroxylation sites is 1. The Morgan fingerprint density at radius 2 is 1.02 bits per heavy atom. The average Bonchev–Trinajstić information content (AvgIpc) is 3.88. The molecule has 0 aliphatic rings. The molecule has 0 atom stereocenters. The van der Waals surface area contributed by atoms with Crippen LogP contribution in [0.4, 0.5) is 0 Å². The van der Waals surface area contributed by atoms with Gasteiger partial charge in [-0.15, -0.1) is 11.3 Å². The van der Waals surface area contributed by atoms with E-state index in [1.807, 2.05) is 29.8 Å². The number of nitrogens with zero attached hydrogens (tertiary/aromatic N) is 1. The maximum absolute atomic E-state index is 7.15. The lowest BCUT2D eigenvalue weighted by atomic mass is 9.90. The molecule has 0 aliphatic heterocycles. The summed E-state index contributed by atoms with van der Waals surface area (Å²) < 4.78 is 9.81. The second-order valence-electron chi connectivity index (χ2n) is 15.4. The van der Waals surface area contributed by atoms with Crippen LogP contribution >= 0.6 is 11.3 Å². The minimum atomic E-state index is 0.892.